The van der Waals surface area contributed by atoms with Gasteiger partial charge in [0.15, 0.2) is 11.6 Å². The molecule has 0 radical (unpaired) electrons. The van der Waals surface area contributed by atoms with Gasteiger partial charge in [-0.3, -0.25) is 0 Å². The van der Waals surface area contributed by atoms with Crippen molar-refractivity contribution in [2.75, 3.05) is 20.2 Å². The van der Waals surface area contributed by atoms with Crippen LogP contribution in [0.3, 0.4) is 0 Å². The average molecular weight is 281 g/mol. The molecule has 0 bridgehead atoms. The van der Waals surface area contributed by atoms with Crippen molar-refractivity contribution in [3.8, 4) is 5.75 Å². The molecule has 0 fully saturated rings. The van der Waals surface area contributed by atoms with E-state index in [1.165, 1.54) is 7.11 Å². The van der Waals surface area contributed by atoms with Crippen LogP contribution in [0, 0.1) is 23.6 Å². The molecule has 0 aliphatic carbocycles. The maximum absolute atomic E-state index is 14.2. The number of hydrogen-bond acceptors (Lipinski definition) is 2. The Morgan fingerprint density at radius 3 is 2.40 bits per heavy atom. The molecule has 0 spiro atoms. The van der Waals surface area contributed by atoms with Gasteiger partial charge < -0.3 is 10.1 Å². The van der Waals surface area contributed by atoms with Gasteiger partial charge in [0.25, 0.3) is 0 Å². The van der Waals surface area contributed by atoms with Gasteiger partial charge in [0.05, 0.1) is 7.11 Å². The van der Waals surface area contributed by atoms with Gasteiger partial charge in [0.2, 0.25) is 0 Å². The van der Waals surface area contributed by atoms with E-state index in [1.807, 2.05) is 12.1 Å². The molecule has 1 N–H and O–H groups in total. The topological polar surface area (TPSA) is 21.3 Å². The van der Waals surface area contributed by atoms with Crippen molar-refractivity contribution in [1.29, 1.82) is 0 Å². The van der Waals surface area contributed by atoms with Crippen molar-refractivity contribution >= 4 is 0 Å². The summed E-state index contributed by atoms with van der Waals surface area (Å²) in [4.78, 5) is 0. The van der Waals surface area contributed by atoms with Crippen LogP contribution in [0.15, 0.2) is 18.2 Å². The van der Waals surface area contributed by atoms with E-state index in [1.54, 1.807) is 6.07 Å². The monoisotopic (exact) mass is 281 g/mol. The second kappa shape index (κ2) is 8.25. The van der Waals surface area contributed by atoms with Crippen molar-refractivity contribution in [1.82, 2.24) is 5.32 Å². The van der Waals surface area contributed by atoms with E-state index in [9.17, 15) is 4.39 Å². The normalized spacial score (nSPS) is 13.0. The molecule has 1 aromatic rings. The minimum Gasteiger partial charge on any atom is -0.494 e. The van der Waals surface area contributed by atoms with Gasteiger partial charge in [-0.25, -0.2) is 4.39 Å². The molecular formula is C17H28FNO. The number of hydrogen-bond donors (Lipinski definition) is 1. The van der Waals surface area contributed by atoms with E-state index < -0.39 is 0 Å². The summed E-state index contributed by atoms with van der Waals surface area (Å²) in [5.41, 5.74) is 0.745. The van der Waals surface area contributed by atoms with Crippen LogP contribution in [0.1, 0.15) is 33.3 Å². The van der Waals surface area contributed by atoms with Crippen molar-refractivity contribution in [2.45, 2.75) is 34.1 Å². The van der Waals surface area contributed by atoms with Crippen LogP contribution in [0.2, 0.25) is 0 Å². The van der Waals surface area contributed by atoms with Crippen molar-refractivity contribution < 1.29 is 9.13 Å². The van der Waals surface area contributed by atoms with Crippen LogP contribution in [0.4, 0.5) is 4.39 Å². The Labute approximate surface area is 122 Å². The number of rotatable bonds is 8. The van der Waals surface area contributed by atoms with E-state index >= 15 is 0 Å². The molecule has 1 atom stereocenters. The average Bonchev–Trinajstić information content (AvgIpc) is 2.39. The predicted molar refractivity (Wildman–Crippen MR) is 82.7 cm³/mol. The second-order valence-electron chi connectivity index (χ2n) is 6.19. The van der Waals surface area contributed by atoms with Gasteiger partial charge in [-0.2, -0.15) is 0 Å². The summed E-state index contributed by atoms with van der Waals surface area (Å²) in [5.74, 6) is 1.69. The van der Waals surface area contributed by atoms with Gasteiger partial charge in [-0.15, -0.1) is 0 Å². The van der Waals surface area contributed by atoms with Crippen LogP contribution >= 0.6 is 0 Å². The van der Waals surface area contributed by atoms with Crippen LogP contribution < -0.4 is 10.1 Å². The van der Waals surface area contributed by atoms with Gasteiger partial charge in [-0.1, -0.05) is 39.8 Å². The maximum Gasteiger partial charge on any atom is 0.168 e. The number of nitrogens with one attached hydrogen (secondary N) is 1. The van der Waals surface area contributed by atoms with E-state index in [0.29, 0.717) is 23.5 Å². The van der Waals surface area contributed by atoms with Crippen LogP contribution in [-0.4, -0.2) is 20.2 Å². The molecule has 0 saturated carbocycles. The molecule has 1 aromatic carbocycles. The third-order valence-electron chi connectivity index (χ3n) is 3.65. The zero-order valence-corrected chi connectivity index (χ0v) is 13.4. The third-order valence-corrected chi connectivity index (χ3v) is 3.65. The summed E-state index contributed by atoms with van der Waals surface area (Å²) in [6, 6.07) is 5.38. The van der Waals surface area contributed by atoms with Crippen molar-refractivity contribution in [2.24, 2.45) is 17.8 Å². The zero-order chi connectivity index (χ0) is 15.1. The summed E-state index contributed by atoms with van der Waals surface area (Å²) in [7, 11) is 1.51. The number of ether oxygens (including phenoxy) is 1. The molecule has 0 aliphatic rings. The van der Waals surface area contributed by atoms with Crippen molar-refractivity contribution in [3.05, 3.63) is 29.6 Å². The lowest BCUT2D eigenvalue weighted by atomic mass is 9.88. The number of benzene rings is 1. The molecule has 114 valence electrons. The Balaban J connectivity index is 2.70. The molecule has 0 aliphatic heterocycles. The Morgan fingerprint density at radius 1 is 1.15 bits per heavy atom. The first kappa shape index (κ1) is 17.0. The summed E-state index contributed by atoms with van der Waals surface area (Å²) >= 11 is 0. The fourth-order valence-electron chi connectivity index (χ4n) is 2.25. The lowest BCUT2D eigenvalue weighted by Gasteiger charge is -2.22. The quantitative estimate of drug-likeness (QED) is 0.780. The van der Waals surface area contributed by atoms with Crippen LogP contribution in [0.25, 0.3) is 0 Å². The summed E-state index contributed by atoms with van der Waals surface area (Å²) in [5, 5.41) is 3.48. The SMILES string of the molecule is COc1cccc(CC(CNCC(C)C)C(C)C)c1F. The molecular weight excluding hydrogens is 253 g/mol. The fraction of sp³-hybridized carbons (Fsp3) is 0.647. The van der Waals surface area contributed by atoms with E-state index in [0.717, 1.165) is 25.1 Å². The summed E-state index contributed by atoms with van der Waals surface area (Å²) < 4.78 is 19.3. The molecule has 2 nitrogen and oxygen atoms in total. The Bertz CT molecular complexity index is 404. The first-order valence-corrected chi connectivity index (χ1v) is 7.47. The van der Waals surface area contributed by atoms with E-state index in [-0.39, 0.29) is 5.82 Å². The number of halogens is 1. The van der Waals surface area contributed by atoms with Crippen LogP contribution in [0.5, 0.6) is 5.75 Å². The number of methoxy groups -OCH3 is 1. The molecule has 0 saturated heterocycles. The largest absolute Gasteiger partial charge is 0.494 e. The summed E-state index contributed by atoms with van der Waals surface area (Å²) in [6.45, 7) is 10.7. The molecule has 0 heterocycles. The Kier molecular flexibility index (Phi) is 7.00. The Hall–Kier alpha value is -1.09. The van der Waals surface area contributed by atoms with Crippen LogP contribution in [-0.2, 0) is 6.42 Å². The van der Waals surface area contributed by atoms with Gasteiger partial charge in [0, 0.05) is 0 Å². The smallest absolute Gasteiger partial charge is 0.168 e. The first-order chi connectivity index (χ1) is 9.45. The Morgan fingerprint density at radius 2 is 1.85 bits per heavy atom. The molecule has 3 heteroatoms. The van der Waals surface area contributed by atoms with Gasteiger partial charge in [0.1, 0.15) is 0 Å². The summed E-state index contributed by atoms with van der Waals surface area (Å²) in [6.07, 6.45) is 0.742. The van der Waals surface area contributed by atoms with E-state index in [2.05, 4.69) is 33.0 Å². The van der Waals surface area contributed by atoms with Gasteiger partial charge in [-0.05, 0) is 48.9 Å². The third kappa shape index (κ3) is 5.12. The molecule has 20 heavy (non-hydrogen) atoms. The lowest BCUT2D eigenvalue weighted by molar-refractivity contribution is 0.343. The highest BCUT2D eigenvalue weighted by Gasteiger charge is 2.17. The molecule has 0 aromatic heterocycles. The predicted octanol–water partition coefficient (Wildman–Crippen LogP) is 3.89. The van der Waals surface area contributed by atoms with E-state index in [4.69, 9.17) is 4.74 Å². The molecule has 1 rings (SSSR count). The maximum atomic E-state index is 14.2. The van der Waals surface area contributed by atoms with Gasteiger partial charge >= 0.3 is 0 Å². The highest BCUT2D eigenvalue weighted by Crippen LogP contribution is 2.24. The fourth-order valence-corrected chi connectivity index (χ4v) is 2.25. The zero-order valence-electron chi connectivity index (χ0n) is 13.4. The molecule has 0 amide bonds. The standard InChI is InChI=1S/C17H28FNO/c1-12(2)10-19-11-15(13(3)4)9-14-7-6-8-16(20-5)17(14)18/h6-8,12-13,15,19H,9-11H2,1-5H3. The minimum absolute atomic E-state index is 0.218. The van der Waals surface area contributed by atoms with Crippen molar-refractivity contribution in [3.63, 3.8) is 0 Å². The second-order valence-corrected chi connectivity index (χ2v) is 6.19. The molecule has 1 unspecified atom stereocenters. The minimum atomic E-state index is -0.218. The highest BCUT2D eigenvalue weighted by atomic mass is 19.1. The highest BCUT2D eigenvalue weighted by molar-refractivity contribution is 5.31. The lowest BCUT2D eigenvalue weighted by Crippen LogP contribution is -2.30. The first-order valence-electron chi connectivity index (χ1n) is 7.47.